The summed E-state index contributed by atoms with van der Waals surface area (Å²) < 4.78 is 0. The van der Waals surface area contributed by atoms with Crippen molar-refractivity contribution >= 4 is 15.9 Å². The van der Waals surface area contributed by atoms with Crippen LogP contribution < -0.4 is 0 Å². The van der Waals surface area contributed by atoms with Crippen LogP contribution in [0.5, 0.6) is 0 Å². The van der Waals surface area contributed by atoms with E-state index in [0.29, 0.717) is 0 Å². The molecule has 11 heavy (non-hydrogen) atoms. The van der Waals surface area contributed by atoms with Crippen LogP contribution in [0.15, 0.2) is 0 Å². The van der Waals surface area contributed by atoms with Gasteiger partial charge >= 0.3 is 0 Å². The molecule has 4 unspecified atom stereocenters. The molecule has 0 N–H and O–H groups in total. The highest BCUT2D eigenvalue weighted by atomic mass is 79.9. The molecule has 0 amide bonds. The number of rotatable bonds is 3. The van der Waals surface area contributed by atoms with Crippen molar-refractivity contribution in [1.29, 1.82) is 0 Å². The molecule has 1 heteroatoms. The molecular weight excluding hydrogens is 200 g/mol. The van der Waals surface area contributed by atoms with E-state index in [-0.39, 0.29) is 0 Å². The van der Waals surface area contributed by atoms with E-state index in [1.54, 1.807) is 0 Å². The zero-order chi connectivity index (χ0) is 8.06. The Morgan fingerprint density at radius 2 is 2.18 bits per heavy atom. The van der Waals surface area contributed by atoms with Crippen LogP contribution in [0.4, 0.5) is 0 Å². The summed E-state index contributed by atoms with van der Waals surface area (Å²) in [6.07, 6.45) is 4.43. The van der Waals surface area contributed by atoms with E-state index < -0.39 is 0 Å². The summed E-state index contributed by atoms with van der Waals surface area (Å²) in [6, 6.07) is 0. The van der Waals surface area contributed by atoms with Crippen molar-refractivity contribution in [3.05, 3.63) is 0 Å². The van der Waals surface area contributed by atoms with Crippen molar-refractivity contribution in [2.45, 2.75) is 33.1 Å². The lowest BCUT2D eigenvalue weighted by molar-refractivity contribution is 0.373. The minimum absolute atomic E-state index is 0.795. The van der Waals surface area contributed by atoms with E-state index in [4.69, 9.17) is 0 Å². The van der Waals surface area contributed by atoms with E-state index in [1.807, 2.05) is 0 Å². The Morgan fingerprint density at radius 1 is 1.55 bits per heavy atom. The van der Waals surface area contributed by atoms with Crippen LogP contribution in [-0.2, 0) is 0 Å². The molecule has 2 saturated carbocycles. The molecule has 0 heterocycles. The largest absolute Gasteiger partial charge is 0.0925 e. The summed E-state index contributed by atoms with van der Waals surface area (Å²) in [5.41, 5.74) is 0.795. The molecule has 2 rings (SSSR count). The topological polar surface area (TPSA) is 0 Å². The smallest absolute Gasteiger partial charge is 0.00652 e. The fourth-order valence-corrected chi connectivity index (χ4v) is 3.75. The van der Waals surface area contributed by atoms with Crippen LogP contribution in [0, 0.1) is 23.2 Å². The van der Waals surface area contributed by atoms with Gasteiger partial charge in [-0.3, -0.25) is 0 Å². The maximum Gasteiger partial charge on any atom is 0.00652 e. The van der Waals surface area contributed by atoms with Crippen LogP contribution in [-0.4, -0.2) is 5.33 Å². The first kappa shape index (κ1) is 8.10. The van der Waals surface area contributed by atoms with Gasteiger partial charge in [0.2, 0.25) is 0 Å². The molecule has 0 radical (unpaired) electrons. The van der Waals surface area contributed by atoms with Crippen LogP contribution in [0.2, 0.25) is 0 Å². The van der Waals surface area contributed by atoms with Gasteiger partial charge in [0.1, 0.15) is 0 Å². The minimum atomic E-state index is 0.795. The standard InChI is InChI=1S/C10H17Br/c1-3-10(5-8(10)6-11)9-4-7(9)2/h7-9H,3-6H2,1-2H3. The van der Waals surface area contributed by atoms with Crippen LogP contribution >= 0.6 is 15.9 Å². The summed E-state index contributed by atoms with van der Waals surface area (Å²) in [4.78, 5) is 0. The molecule has 0 bridgehead atoms. The fraction of sp³-hybridized carbons (Fsp3) is 1.00. The Bertz CT molecular complexity index is 166. The highest BCUT2D eigenvalue weighted by Gasteiger charge is 2.62. The van der Waals surface area contributed by atoms with Gasteiger partial charge in [-0.2, -0.15) is 0 Å². The van der Waals surface area contributed by atoms with Gasteiger partial charge in [-0.15, -0.1) is 0 Å². The predicted octanol–water partition coefficient (Wildman–Crippen LogP) is 3.45. The van der Waals surface area contributed by atoms with E-state index in [0.717, 1.165) is 23.2 Å². The molecule has 4 atom stereocenters. The summed E-state index contributed by atoms with van der Waals surface area (Å²) in [6.45, 7) is 4.78. The van der Waals surface area contributed by atoms with Gasteiger partial charge in [-0.25, -0.2) is 0 Å². The molecule has 64 valence electrons. The number of hydrogen-bond acceptors (Lipinski definition) is 0. The number of halogens is 1. The summed E-state index contributed by atoms with van der Waals surface area (Å²) >= 11 is 3.61. The zero-order valence-corrected chi connectivity index (χ0v) is 9.02. The molecule has 2 aliphatic carbocycles. The Hall–Kier alpha value is 0.480. The van der Waals surface area contributed by atoms with Crippen LogP contribution in [0.1, 0.15) is 33.1 Å². The molecular formula is C10H17Br. The average Bonchev–Trinajstić information content (AvgIpc) is 2.84. The maximum atomic E-state index is 3.61. The van der Waals surface area contributed by atoms with Crippen molar-refractivity contribution in [1.82, 2.24) is 0 Å². The lowest BCUT2D eigenvalue weighted by Crippen LogP contribution is -2.07. The second kappa shape index (κ2) is 2.48. The predicted molar refractivity (Wildman–Crippen MR) is 51.9 cm³/mol. The number of hydrogen-bond donors (Lipinski definition) is 0. The molecule has 0 aromatic rings. The van der Waals surface area contributed by atoms with Crippen LogP contribution in [0.3, 0.4) is 0 Å². The molecule has 2 aliphatic rings. The molecule has 0 saturated heterocycles. The highest BCUT2D eigenvalue weighted by molar-refractivity contribution is 9.09. The Labute approximate surface area is 77.9 Å². The fourth-order valence-electron chi connectivity index (χ4n) is 2.88. The SMILES string of the molecule is CCC1(C2CC2C)CC1CBr. The first-order valence-corrected chi connectivity index (χ1v) is 5.92. The second-order valence-corrected chi connectivity index (χ2v) is 5.11. The lowest BCUT2D eigenvalue weighted by atomic mass is 9.93. The first-order valence-electron chi connectivity index (χ1n) is 4.80. The Balaban J connectivity index is 1.98. The normalized spacial score (nSPS) is 54.3. The molecule has 0 nitrogen and oxygen atoms in total. The van der Waals surface area contributed by atoms with Gasteiger partial charge in [0.05, 0.1) is 0 Å². The monoisotopic (exact) mass is 216 g/mol. The van der Waals surface area contributed by atoms with E-state index >= 15 is 0 Å². The van der Waals surface area contributed by atoms with E-state index in [1.165, 1.54) is 24.6 Å². The van der Waals surface area contributed by atoms with Gasteiger partial charge in [0.25, 0.3) is 0 Å². The summed E-state index contributed by atoms with van der Waals surface area (Å²) in [7, 11) is 0. The third-order valence-electron chi connectivity index (χ3n) is 3.97. The molecule has 0 aliphatic heterocycles. The zero-order valence-electron chi connectivity index (χ0n) is 7.44. The third kappa shape index (κ3) is 1.07. The Morgan fingerprint density at radius 3 is 2.45 bits per heavy atom. The minimum Gasteiger partial charge on any atom is -0.0925 e. The van der Waals surface area contributed by atoms with Crippen LogP contribution in [0.25, 0.3) is 0 Å². The van der Waals surface area contributed by atoms with Crippen molar-refractivity contribution < 1.29 is 0 Å². The van der Waals surface area contributed by atoms with Crippen molar-refractivity contribution in [2.24, 2.45) is 23.2 Å². The van der Waals surface area contributed by atoms with E-state index in [9.17, 15) is 0 Å². The second-order valence-electron chi connectivity index (χ2n) is 4.46. The van der Waals surface area contributed by atoms with Gasteiger partial charge in [0.15, 0.2) is 0 Å². The molecule has 0 spiro atoms. The summed E-state index contributed by atoms with van der Waals surface area (Å²) in [5.74, 6) is 3.15. The number of alkyl halides is 1. The van der Waals surface area contributed by atoms with Crippen molar-refractivity contribution in [3.8, 4) is 0 Å². The van der Waals surface area contributed by atoms with E-state index in [2.05, 4.69) is 29.8 Å². The lowest BCUT2D eigenvalue weighted by Gasteiger charge is -2.13. The Kier molecular flexibility index (Phi) is 1.83. The third-order valence-corrected chi connectivity index (χ3v) is 4.75. The molecule has 0 aromatic carbocycles. The molecule has 0 aromatic heterocycles. The van der Waals surface area contributed by atoms with Gasteiger partial charge in [-0.05, 0) is 42.4 Å². The average molecular weight is 217 g/mol. The van der Waals surface area contributed by atoms with Crippen molar-refractivity contribution in [3.63, 3.8) is 0 Å². The van der Waals surface area contributed by atoms with Gasteiger partial charge in [0, 0.05) is 5.33 Å². The summed E-state index contributed by atoms with van der Waals surface area (Å²) in [5, 5.41) is 1.24. The van der Waals surface area contributed by atoms with Gasteiger partial charge < -0.3 is 0 Å². The van der Waals surface area contributed by atoms with Crippen molar-refractivity contribution in [2.75, 3.05) is 5.33 Å². The molecule has 2 fully saturated rings. The maximum absolute atomic E-state index is 3.61. The highest BCUT2D eigenvalue weighted by Crippen LogP contribution is 2.69. The first-order chi connectivity index (χ1) is 5.24. The quantitative estimate of drug-likeness (QED) is 0.635. The van der Waals surface area contributed by atoms with Gasteiger partial charge in [-0.1, -0.05) is 29.8 Å².